The van der Waals surface area contributed by atoms with Crippen molar-refractivity contribution in [1.82, 2.24) is 15.8 Å². The molecule has 0 spiro atoms. The molecule has 2 amide bonds. The summed E-state index contributed by atoms with van der Waals surface area (Å²) in [7, 11) is -3.43. The standard InChI is InChI=1S/C25H27N3O6S/c1-17-13-19(21-5-2-3-6-22(21)26-17)15-34-20-9-7-18(8-10-20)24(30)27-25(14-23(29)28-31)11-4-12-35(32,33)16-25/h2-3,5-10,13,31H,4,11-12,14-16H2,1H3,(H,27,30)(H,28,29). The van der Waals surface area contributed by atoms with Gasteiger partial charge in [0.05, 0.1) is 29.0 Å². The highest BCUT2D eigenvalue weighted by molar-refractivity contribution is 7.91. The van der Waals surface area contributed by atoms with Crippen molar-refractivity contribution < 1.29 is 28.0 Å². The summed E-state index contributed by atoms with van der Waals surface area (Å²) in [6.07, 6.45) is 0.290. The van der Waals surface area contributed by atoms with Crippen LogP contribution in [0.3, 0.4) is 0 Å². The van der Waals surface area contributed by atoms with Crippen LogP contribution in [-0.2, 0) is 21.2 Å². The number of nitrogens with zero attached hydrogens (tertiary/aromatic N) is 1. The maximum Gasteiger partial charge on any atom is 0.251 e. The minimum atomic E-state index is -3.43. The van der Waals surface area contributed by atoms with Crippen LogP contribution in [0.5, 0.6) is 5.75 Å². The van der Waals surface area contributed by atoms with Crippen molar-refractivity contribution in [2.75, 3.05) is 11.5 Å². The lowest BCUT2D eigenvalue weighted by atomic mass is 9.90. The first kappa shape index (κ1) is 24.6. The van der Waals surface area contributed by atoms with Gasteiger partial charge in [0.25, 0.3) is 5.91 Å². The third-order valence-corrected chi connectivity index (χ3v) is 7.95. The Bertz CT molecular complexity index is 1360. The first-order chi connectivity index (χ1) is 16.7. The summed E-state index contributed by atoms with van der Waals surface area (Å²) in [5.74, 6) is -1.06. The molecule has 10 heteroatoms. The molecule has 2 heterocycles. The molecule has 1 aliphatic heterocycles. The predicted molar refractivity (Wildman–Crippen MR) is 130 cm³/mol. The lowest BCUT2D eigenvalue weighted by molar-refractivity contribution is -0.130. The second-order valence-electron chi connectivity index (χ2n) is 8.89. The van der Waals surface area contributed by atoms with E-state index in [-0.39, 0.29) is 17.9 Å². The number of hydrogen-bond donors (Lipinski definition) is 3. The van der Waals surface area contributed by atoms with Crippen LogP contribution in [0.2, 0.25) is 0 Å². The Balaban J connectivity index is 1.46. The van der Waals surface area contributed by atoms with Crippen LogP contribution in [0.4, 0.5) is 0 Å². The number of carbonyl (C=O) groups excluding carboxylic acids is 2. The van der Waals surface area contributed by atoms with Crippen LogP contribution in [0.1, 0.15) is 40.9 Å². The van der Waals surface area contributed by atoms with Crippen molar-refractivity contribution in [3.8, 4) is 5.75 Å². The fraction of sp³-hybridized carbons (Fsp3) is 0.320. The number of carbonyl (C=O) groups is 2. The topological polar surface area (TPSA) is 135 Å². The number of hydroxylamine groups is 1. The summed E-state index contributed by atoms with van der Waals surface area (Å²) in [5.41, 5.74) is 3.32. The van der Waals surface area contributed by atoms with Crippen LogP contribution in [0, 0.1) is 6.92 Å². The molecule has 35 heavy (non-hydrogen) atoms. The number of ether oxygens (including phenoxy) is 1. The minimum Gasteiger partial charge on any atom is -0.489 e. The maximum atomic E-state index is 12.9. The molecule has 3 aromatic rings. The van der Waals surface area contributed by atoms with E-state index in [4.69, 9.17) is 9.94 Å². The number of benzene rings is 2. The van der Waals surface area contributed by atoms with Crippen LogP contribution in [0.25, 0.3) is 10.9 Å². The Morgan fingerprint density at radius 1 is 1.14 bits per heavy atom. The fourth-order valence-electron chi connectivity index (χ4n) is 4.52. The molecule has 1 aromatic heterocycles. The summed E-state index contributed by atoms with van der Waals surface area (Å²) >= 11 is 0. The second kappa shape index (κ2) is 10.0. The summed E-state index contributed by atoms with van der Waals surface area (Å²) < 4.78 is 30.4. The number of hydrogen-bond acceptors (Lipinski definition) is 7. The molecule has 9 nitrogen and oxygen atoms in total. The number of para-hydroxylation sites is 1. The first-order valence-corrected chi connectivity index (χ1v) is 13.0. The molecular weight excluding hydrogens is 470 g/mol. The van der Waals surface area contributed by atoms with Crippen LogP contribution >= 0.6 is 0 Å². The molecule has 1 fully saturated rings. The molecule has 2 aromatic carbocycles. The third kappa shape index (κ3) is 5.95. The Kier molecular flexibility index (Phi) is 7.04. The molecule has 0 bridgehead atoms. The number of fused-ring (bicyclic) bond motifs is 1. The minimum absolute atomic E-state index is 0.00366. The zero-order chi connectivity index (χ0) is 25.1. The van der Waals surface area contributed by atoms with E-state index in [1.165, 1.54) is 5.48 Å². The summed E-state index contributed by atoms with van der Waals surface area (Å²) in [5, 5.41) is 12.7. The van der Waals surface area contributed by atoms with Gasteiger partial charge in [-0.2, -0.15) is 0 Å². The number of aromatic nitrogens is 1. The average Bonchev–Trinajstić information content (AvgIpc) is 2.81. The molecule has 3 N–H and O–H groups in total. The van der Waals surface area contributed by atoms with E-state index in [2.05, 4.69) is 10.3 Å². The fourth-order valence-corrected chi connectivity index (χ4v) is 6.40. The average molecular weight is 498 g/mol. The molecular formula is C25H27N3O6S. The number of nitrogens with one attached hydrogen (secondary N) is 2. The molecule has 0 radical (unpaired) electrons. The number of aryl methyl sites for hydroxylation is 1. The van der Waals surface area contributed by atoms with Gasteiger partial charge in [0.2, 0.25) is 5.91 Å². The van der Waals surface area contributed by atoms with Gasteiger partial charge in [-0.3, -0.25) is 19.8 Å². The molecule has 1 atom stereocenters. The van der Waals surface area contributed by atoms with Crippen LogP contribution in [-0.4, -0.2) is 47.5 Å². The lowest BCUT2D eigenvalue weighted by Crippen LogP contribution is -2.57. The van der Waals surface area contributed by atoms with Gasteiger partial charge in [-0.05, 0) is 56.2 Å². The van der Waals surface area contributed by atoms with Crippen molar-refractivity contribution in [2.45, 2.75) is 38.3 Å². The Hall–Kier alpha value is -3.50. The molecule has 0 aliphatic carbocycles. The van der Waals surface area contributed by atoms with Gasteiger partial charge in [0.1, 0.15) is 12.4 Å². The lowest BCUT2D eigenvalue weighted by Gasteiger charge is -2.37. The van der Waals surface area contributed by atoms with Crippen molar-refractivity contribution in [3.05, 3.63) is 71.4 Å². The second-order valence-corrected chi connectivity index (χ2v) is 11.1. The van der Waals surface area contributed by atoms with Crippen molar-refractivity contribution >= 4 is 32.6 Å². The van der Waals surface area contributed by atoms with E-state index in [0.29, 0.717) is 30.8 Å². The van der Waals surface area contributed by atoms with Gasteiger partial charge in [-0.25, -0.2) is 13.9 Å². The quantitative estimate of drug-likeness (QED) is 0.337. The van der Waals surface area contributed by atoms with E-state index in [0.717, 1.165) is 22.2 Å². The Morgan fingerprint density at radius 3 is 2.60 bits per heavy atom. The number of sulfone groups is 1. The van der Waals surface area contributed by atoms with E-state index >= 15 is 0 Å². The molecule has 4 rings (SSSR count). The van der Waals surface area contributed by atoms with Gasteiger partial charge in [0.15, 0.2) is 9.84 Å². The molecule has 184 valence electrons. The molecule has 0 saturated carbocycles. The SMILES string of the molecule is Cc1cc(COc2ccc(C(=O)NC3(CC(=O)NO)CCCS(=O)(=O)C3)cc2)c2ccccc2n1. The van der Waals surface area contributed by atoms with Crippen molar-refractivity contribution in [2.24, 2.45) is 0 Å². The molecule has 1 aliphatic rings. The monoisotopic (exact) mass is 497 g/mol. The zero-order valence-electron chi connectivity index (χ0n) is 19.3. The van der Waals surface area contributed by atoms with E-state index < -0.39 is 27.2 Å². The third-order valence-electron chi connectivity index (χ3n) is 6.05. The maximum absolute atomic E-state index is 12.9. The van der Waals surface area contributed by atoms with Gasteiger partial charge in [-0.1, -0.05) is 18.2 Å². The Morgan fingerprint density at radius 2 is 1.89 bits per heavy atom. The summed E-state index contributed by atoms with van der Waals surface area (Å²) in [6, 6.07) is 16.3. The van der Waals surface area contributed by atoms with E-state index in [9.17, 15) is 18.0 Å². The van der Waals surface area contributed by atoms with Gasteiger partial charge < -0.3 is 10.1 Å². The summed E-state index contributed by atoms with van der Waals surface area (Å²) in [4.78, 5) is 29.3. The van der Waals surface area contributed by atoms with Crippen LogP contribution in [0.15, 0.2) is 54.6 Å². The highest BCUT2D eigenvalue weighted by Crippen LogP contribution is 2.27. The van der Waals surface area contributed by atoms with E-state index in [1.54, 1.807) is 24.3 Å². The van der Waals surface area contributed by atoms with Gasteiger partial charge >= 0.3 is 0 Å². The van der Waals surface area contributed by atoms with Crippen molar-refractivity contribution in [1.29, 1.82) is 0 Å². The number of pyridine rings is 1. The highest BCUT2D eigenvalue weighted by atomic mass is 32.2. The van der Waals surface area contributed by atoms with Gasteiger partial charge in [0, 0.05) is 22.2 Å². The highest BCUT2D eigenvalue weighted by Gasteiger charge is 2.42. The number of amides is 2. The Labute approximate surface area is 203 Å². The zero-order valence-corrected chi connectivity index (χ0v) is 20.1. The largest absolute Gasteiger partial charge is 0.489 e. The first-order valence-electron chi connectivity index (χ1n) is 11.2. The van der Waals surface area contributed by atoms with E-state index in [1.807, 2.05) is 37.3 Å². The predicted octanol–water partition coefficient (Wildman–Crippen LogP) is 2.69. The molecule has 1 unspecified atom stereocenters. The smallest absolute Gasteiger partial charge is 0.251 e. The molecule has 1 saturated heterocycles. The van der Waals surface area contributed by atoms with Crippen LogP contribution < -0.4 is 15.5 Å². The normalized spacial score (nSPS) is 19.1. The number of rotatable bonds is 7. The van der Waals surface area contributed by atoms with Gasteiger partial charge in [-0.15, -0.1) is 0 Å². The van der Waals surface area contributed by atoms with Crippen molar-refractivity contribution in [3.63, 3.8) is 0 Å². The summed E-state index contributed by atoms with van der Waals surface area (Å²) in [6.45, 7) is 2.25.